The fourth-order valence-corrected chi connectivity index (χ4v) is 4.22. The fraction of sp³-hybridized carbons (Fsp3) is 0.0870. The molecule has 0 aliphatic carbocycles. The second-order valence-corrected chi connectivity index (χ2v) is 8.84. The maximum absolute atomic E-state index is 13.3. The third kappa shape index (κ3) is 3.97. The van der Waals surface area contributed by atoms with Crippen LogP contribution in [0.5, 0.6) is 0 Å². The van der Waals surface area contributed by atoms with E-state index >= 15 is 0 Å². The summed E-state index contributed by atoms with van der Waals surface area (Å²) in [6, 6.07) is 19.5. The van der Waals surface area contributed by atoms with E-state index in [2.05, 4.69) is 10.3 Å². The molecule has 5 nitrogen and oxygen atoms in total. The van der Waals surface area contributed by atoms with E-state index < -0.39 is 15.7 Å². The molecule has 0 unspecified atom stereocenters. The van der Waals surface area contributed by atoms with Crippen LogP contribution >= 0.6 is 0 Å². The summed E-state index contributed by atoms with van der Waals surface area (Å²) in [5.41, 5.74) is 3.37. The molecular weight excluding hydrogens is 403 g/mol. The minimum Gasteiger partial charge on any atom is -0.419 e. The number of nitrogens with one attached hydrogen (secondary N) is 1. The molecule has 0 fully saturated rings. The highest BCUT2D eigenvalue weighted by molar-refractivity contribution is 7.91. The van der Waals surface area contributed by atoms with Crippen LogP contribution in [0.4, 0.5) is 16.0 Å². The zero-order valence-corrected chi connectivity index (χ0v) is 17.2. The van der Waals surface area contributed by atoms with Gasteiger partial charge in [-0.05, 0) is 62.4 Å². The normalized spacial score (nSPS) is 11.4. The van der Waals surface area contributed by atoms with Crippen LogP contribution in [0.25, 0.3) is 11.5 Å². The molecule has 0 amide bonds. The first-order valence-corrected chi connectivity index (χ1v) is 10.7. The lowest BCUT2D eigenvalue weighted by atomic mass is 10.1. The fourth-order valence-electron chi connectivity index (χ4n) is 2.96. The predicted octanol–water partition coefficient (Wildman–Crippen LogP) is 5.67. The first kappa shape index (κ1) is 19.8. The van der Waals surface area contributed by atoms with Crippen LogP contribution in [0.15, 0.2) is 87.1 Å². The molecule has 0 atom stereocenters. The van der Waals surface area contributed by atoms with Gasteiger partial charge >= 0.3 is 0 Å². The van der Waals surface area contributed by atoms with Gasteiger partial charge in [0, 0.05) is 11.3 Å². The molecule has 1 N–H and O–H groups in total. The monoisotopic (exact) mass is 422 g/mol. The van der Waals surface area contributed by atoms with Gasteiger partial charge in [-0.2, -0.15) is 4.98 Å². The maximum Gasteiger partial charge on any atom is 0.238 e. The molecule has 30 heavy (non-hydrogen) atoms. The molecule has 1 heterocycles. The Kier molecular flexibility index (Phi) is 5.13. The number of nitrogens with zero attached hydrogens (tertiary/aromatic N) is 1. The number of aryl methyl sites for hydroxylation is 2. The number of hydrogen-bond donors (Lipinski definition) is 1. The second kappa shape index (κ2) is 7.76. The molecule has 3 aromatic carbocycles. The van der Waals surface area contributed by atoms with Crippen molar-refractivity contribution in [3.63, 3.8) is 0 Å². The van der Waals surface area contributed by atoms with Crippen LogP contribution in [0.3, 0.4) is 0 Å². The van der Waals surface area contributed by atoms with Crippen molar-refractivity contribution in [1.29, 1.82) is 0 Å². The molecular formula is C23H19FN2O3S. The minimum absolute atomic E-state index is 0.000292. The molecule has 0 spiro atoms. The molecule has 4 aromatic rings. The predicted molar refractivity (Wildman–Crippen MR) is 113 cm³/mol. The van der Waals surface area contributed by atoms with Crippen LogP contribution < -0.4 is 5.32 Å². The number of oxazole rings is 1. The summed E-state index contributed by atoms with van der Waals surface area (Å²) < 4.78 is 45.6. The Hall–Kier alpha value is -3.45. The number of rotatable bonds is 5. The number of aromatic nitrogens is 1. The van der Waals surface area contributed by atoms with Crippen molar-refractivity contribution in [2.75, 3.05) is 5.32 Å². The molecule has 152 valence electrons. The first-order chi connectivity index (χ1) is 14.3. The lowest BCUT2D eigenvalue weighted by molar-refractivity contribution is 0.581. The van der Waals surface area contributed by atoms with Crippen molar-refractivity contribution >= 4 is 21.4 Å². The van der Waals surface area contributed by atoms with Crippen LogP contribution in [0, 0.1) is 19.7 Å². The number of benzene rings is 3. The summed E-state index contributed by atoms with van der Waals surface area (Å²) >= 11 is 0. The third-order valence-electron chi connectivity index (χ3n) is 4.55. The van der Waals surface area contributed by atoms with E-state index in [1.165, 1.54) is 12.1 Å². The number of anilines is 2. The number of sulfone groups is 1. The molecule has 1 aromatic heterocycles. The van der Waals surface area contributed by atoms with Crippen LogP contribution in [0.1, 0.15) is 11.1 Å². The Morgan fingerprint density at radius 3 is 2.27 bits per heavy atom. The van der Waals surface area contributed by atoms with Gasteiger partial charge in [-0.1, -0.05) is 35.4 Å². The van der Waals surface area contributed by atoms with Gasteiger partial charge in [0.25, 0.3) is 0 Å². The van der Waals surface area contributed by atoms with Crippen molar-refractivity contribution in [2.24, 2.45) is 0 Å². The van der Waals surface area contributed by atoms with E-state index in [0.717, 1.165) is 23.3 Å². The Balaban J connectivity index is 1.84. The van der Waals surface area contributed by atoms with Gasteiger partial charge in [0.1, 0.15) is 5.82 Å². The van der Waals surface area contributed by atoms with E-state index in [9.17, 15) is 12.8 Å². The molecule has 0 radical (unpaired) electrons. The molecule has 4 rings (SSSR count). The minimum atomic E-state index is -4.05. The number of halogens is 1. The number of hydrogen-bond acceptors (Lipinski definition) is 5. The van der Waals surface area contributed by atoms with Crippen LogP contribution in [-0.4, -0.2) is 13.4 Å². The Labute approximate surface area is 174 Å². The van der Waals surface area contributed by atoms with E-state index in [1.54, 1.807) is 6.07 Å². The van der Waals surface area contributed by atoms with Gasteiger partial charge in [0.15, 0.2) is 0 Å². The van der Waals surface area contributed by atoms with Gasteiger partial charge in [-0.3, -0.25) is 0 Å². The van der Waals surface area contributed by atoms with Gasteiger partial charge in [-0.15, -0.1) is 0 Å². The average molecular weight is 422 g/mol. The topological polar surface area (TPSA) is 72.2 Å². The highest BCUT2D eigenvalue weighted by Gasteiger charge is 2.29. The van der Waals surface area contributed by atoms with Gasteiger partial charge in [0.05, 0.1) is 4.90 Å². The molecule has 0 saturated carbocycles. The lowest BCUT2D eigenvalue weighted by Crippen LogP contribution is -2.05. The zero-order valence-electron chi connectivity index (χ0n) is 16.4. The Morgan fingerprint density at radius 1 is 0.900 bits per heavy atom. The van der Waals surface area contributed by atoms with Crippen molar-refractivity contribution in [1.82, 2.24) is 4.98 Å². The summed E-state index contributed by atoms with van der Waals surface area (Å²) in [5.74, 6) is -0.346. The molecule has 7 heteroatoms. The van der Waals surface area contributed by atoms with E-state index in [4.69, 9.17) is 4.42 Å². The molecule has 0 saturated heterocycles. The van der Waals surface area contributed by atoms with E-state index in [1.807, 2.05) is 56.3 Å². The first-order valence-electron chi connectivity index (χ1n) is 9.25. The molecule has 0 aliphatic rings. The Morgan fingerprint density at radius 2 is 1.60 bits per heavy atom. The van der Waals surface area contributed by atoms with Crippen molar-refractivity contribution in [3.8, 4) is 11.5 Å². The largest absolute Gasteiger partial charge is 0.419 e. The quantitative estimate of drug-likeness (QED) is 0.419. The second-order valence-electron chi connectivity index (χ2n) is 6.97. The van der Waals surface area contributed by atoms with Gasteiger partial charge in [-0.25, -0.2) is 12.8 Å². The van der Waals surface area contributed by atoms with E-state index in [-0.39, 0.29) is 21.7 Å². The molecule has 0 aliphatic heterocycles. The van der Waals surface area contributed by atoms with Gasteiger partial charge in [0.2, 0.25) is 26.6 Å². The van der Waals surface area contributed by atoms with E-state index in [0.29, 0.717) is 11.3 Å². The highest BCUT2D eigenvalue weighted by Crippen LogP contribution is 2.34. The van der Waals surface area contributed by atoms with Crippen molar-refractivity contribution in [3.05, 3.63) is 89.7 Å². The summed E-state index contributed by atoms with van der Waals surface area (Å²) in [5, 5.41) is 2.75. The summed E-state index contributed by atoms with van der Waals surface area (Å²) in [7, 11) is -4.05. The standard InChI is InChI=1S/C23H19FN2O3S/c1-15-6-10-19(11-7-15)25-22-23(30(27,28)20-12-8-18(24)9-13-20)26-21(29-22)17-5-3-4-16(2)14-17/h3-14,25H,1-2H3. The Bertz CT molecular complexity index is 1300. The van der Waals surface area contributed by atoms with Crippen LogP contribution in [-0.2, 0) is 9.84 Å². The smallest absolute Gasteiger partial charge is 0.238 e. The van der Waals surface area contributed by atoms with Gasteiger partial charge < -0.3 is 9.73 Å². The third-order valence-corrected chi connectivity index (χ3v) is 6.23. The molecule has 0 bridgehead atoms. The van der Waals surface area contributed by atoms with Crippen LogP contribution in [0.2, 0.25) is 0 Å². The van der Waals surface area contributed by atoms with Crippen molar-refractivity contribution in [2.45, 2.75) is 23.8 Å². The zero-order chi connectivity index (χ0) is 21.3. The SMILES string of the molecule is Cc1ccc(Nc2oc(-c3cccc(C)c3)nc2S(=O)(=O)c2ccc(F)cc2)cc1. The summed E-state index contributed by atoms with van der Waals surface area (Å²) in [6.45, 7) is 3.88. The summed E-state index contributed by atoms with van der Waals surface area (Å²) in [4.78, 5) is 4.23. The van der Waals surface area contributed by atoms with Crippen molar-refractivity contribution < 1.29 is 17.2 Å². The summed E-state index contributed by atoms with van der Waals surface area (Å²) in [6.07, 6.45) is 0. The highest BCUT2D eigenvalue weighted by atomic mass is 32.2. The lowest BCUT2D eigenvalue weighted by Gasteiger charge is -2.06. The average Bonchev–Trinajstić information content (AvgIpc) is 3.15. The maximum atomic E-state index is 13.3.